The number of benzene rings is 1. The van der Waals surface area contributed by atoms with Crippen LogP contribution in [0.4, 0.5) is 0 Å². The molecule has 0 aliphatic rings. The Kier molecular flexibility index (Phi) is 7.21. The van der Waals surface area contributed by atoms with Gasteiger partial charge in [0.1, 0.15) is 0 Å². The van der Waals surface area contributed by atoms with Gasteiger partial charge in [0.2, 0.25) is 0 Å². The van der Waals surface area contributed by atoms with Crippen molar-refractivity contribution in [3.8, 4) is 0 Å². The van der Waals surface area contributed by atoms with Crippen molar-refractivity contribution >= 4 is 7.60 Å². The number of hydrogen-bond donors (Lipinski definition) is 1. The van der Waals surface area contributed by atoms with E-state index < -0.39 is 7.60 Å². The average Bonchev–Trinajstić information content (AvgIpc) is 2.37. The van der Waals surface area contributed by atoms with E-state index in [1.165, 1.54) is 5.56 Å². The lowest BCUT2D eigenvalue weighted by atomic mass is 10.2. The first kappa shape index (κ1) is 15.4. The molecule has 1 aromatic rings. The summed E-state index contributed by atoms with van der Waals surface area (Å²) in [6.45, 7) is 5.19. The van der Waals surface area contributed by atoms with E-state index in [0.29, 0.717) is 13.2 Å². The largest absolute Gasteiger partial charge is 0.344 e. The summed E-state index contributed by atoms with van der Waals surface area (Å²) < 4.78 is 22.5. The summed E-state index contributed by atoms with van der Waals surface area (Å²) in [7, 11) is -2.95. The second-order valence-corrected chi connectivity index (χ2v) is 5.89. The van der Waals surface area contributed by atoms with E-state index >= 15 is 0 Å². The van der Waals surface area contributed by atoms with Gasteiger partial charge >= 0.3 is 7.60 Å². The Morgan fingerprint density at radius 3 is 2.28 bits per heavy atom. The van der Waals surface area contributed by atoms with Crippen molar-refractivity contribution in [3.05, 3.63) is 35.9 Å². The van der Waals surface area contributed by atoms with Gasteiger partial charge in [-0.1, -0.05) is 30.3 Å². The Morgan fingerprint density at radius 1 is 1.11 bits per heavy atom. The molecule has 0 heterocycles. The molecule has 0 radical (unpaired) electrons. The number of rotatable bonds is 9. The Morgan fingerprint density at radius 2 is 1.72 bits per heavy atom. The Hall–Kier alpha value is -0.670. The predicted molar refractivity (Wildman–Crippen MR) is 73.9 cm³/mol. The molecule has 1 N–H and O–H groups in total. The quantitative estimate of drug-likeness (QED) is 0.554. The summed E-state index contributed by atoms with van der Waals surface area (Å²) in [4.78, 5) is 0. The Labute approximate surface area is 109 Å². The van der Waals surface area contributed by atoms with Gasteiger partial charge in [0, 0.05) is 0 Å². The topological polar surface area (TPSA) is 47.6 Å². The van der Waals surface area contributed by atoms with Gasteiger partial charge in [0.15, 0.2) is 0 Å². The van der Waals surface area contributed by atoms with E-state index in [1.807, 2.05) is 32.0 Å². The molecule has 1 aromatic carbocycles. The van der Waals surface area contributed by atoms with Crippen LogP contribution in [0.3, 0.4) is 0 Å². The molecule has 0 saturated carbocycles. The predicted octanol–water partition coefficient (Wildman–Crippen LogP) is 3.04. The van der Waals surface area contributed by atoms with Crippen LogP contribution in [0.1, 0.15) is 19.4 Å². The number of nitrogens with one attached hydrogen (secondary N) is 1. The molecule has 1 rings (SSSR count). The van der Waals surface area contributed by atoms with Crippen LogP contribution >= 0.6 is 7.60 Å². The molecule has 0 fully saturated rings. The van der Waals surface area contributed by atoms with E-state index in [9.17, 15) is 4.57 Å². The van der Waals surface area contributed by atoms with Crippen LogP contribution in [-0.2, 0) is 20.0 Å². The molecule has 0 spiro atoms. The average molecular weight is 271 g/mol. The molecule has 0 bridgehead atoms. The molecule has 102 valence electrons. The van der Waals surface area contributed by atoms with Crippen molar-refractivity contribution in [1.29, 1.82) is 0 Å². The standard InChI is InChI=1S/C13H22NO3P/c1-3-16-18(15,17-4-2)12-14-11-10-13-8-6-5-7-9-13/h5-9,14H,3-4,10-12H2,1-2H3. The van der Waals surface area contributed by atoms with Gasteiger partial charge in [-0.2, -0.15) is 0 Å². The Bertz CT molecular complexity index is 360. The maximum absolute atomic E-state index is 12.1. The summed E-state index contributed by atoms with van der Waals surface area (Å²) in [6, 6.07) is 10.2. The lowest BCUT2D eigenvalue weighted by molar-refractivity contribution is 0.218. The van der Waals surface area contributed by atoms with Crippen LogP contribution in [0.2, 0.25) is 0 Å². The smallest absolute Gasteiger partial charge is 0.308 e. The van der Waals surface area contributed by atoms with Crippen molar-refractivity contribution < 1.29 is 13.6 Å². The number of hydrogen-bond acceptors (Lipinski definition) is 4. The van der Waals surface area contributed by atoms with E-state index in [1.54, 1.807) is 0 Å². The summed E-state index contributed by atoms with van der Waals surface area (Å²) in [5, 5.41) is 3.13. The van der Waals surface area contributed by atoms with Crippen LogP contribution < -0.4 is 5.32 Å². The van der Waals surface area contributed by atoms with E-state index in [4.69, 9.17) is 9.05 Å². The second-order valence-electron chi connectivity index (χ2n) is 3.84. The van der Waals surface area contributed by atoms with Gasteiger partial charge in [-0.3, -0.25) is 4.57 Å². The molecule has 0 amide bonds. The summed E-state index contributed by atoms with van der Waals surface area (Å²) in [5.74, 6) is 0. The van der Waals surface area contributed by atoms with Crippen LogP contribution in [0, 0.1) is 0 Å². The minimum Gasteiger partial charge on any atom is -0.308 e. The highest BCUT2D eigenvalue weighted by Gasteiger charge is 2.22. The van der Waals surface area contributed by atoms with Crippen LogP contribution in [0.25, 0.3) is 0 Å². The first-order chi connectivity index (χ1) is 8.70. The highest BCUT2D eigenvalue weighted by Crippen LogP contribution is 2.46. The molecule has 0 unspecified atom stereocenters. The third-order valence-corrected chi connectivity index (χ3v) is 4.30. The molecule has 4 nitrogen and oxygen atoms in total. The fourth-order valence-corrected chi connectivity index (χ4v) is 3.09. The summed E-state index contributed by atoms with van der Waals surface area (Å²) in [5.41, 5.74) is 1.26. The molecule has 0 aliphatic carbocycles. The monoisotopic (exact) mass is 271 g/mol. The fraction of sp³-hybridized carbons (Fsp3) is 0.538. The van der Waals surface area contributed by atoms with Crippen LogP contribution in [0.15, 0.2) is 30.3 Å². The lowest BCUT2D eigenvalue weighted by Gasteiger charge is -2.17. The molecule has 5 heteroatoms. The van der Waals surface area contributed by atoms with Crippen molar-refractivity contribution in [3.63, 3.8) is 0 Å². The lowest BCUT2D eigenvalue weighted by Crippen LogP contribution is -2.20. The molecule has 0 atom stereocenters. The van der Waals surface area contributed by atoms with Crippen LogP contribution in [-0.4, -0.2) is 26.0 Å². The first-order valence-corrected chi connectivity index (χ1v) is 8.05. The van der Waals surface area contributed by atoms with Crippen molar-refractivity contribution in [1.82, 2.24) is 5.32 Å². The summed E-state index contributed by atoms with van der Waals surface area (Å²) in [6.07, 6.45) is 1.17. The van der Waals surface area contributed by atoms with E-state index in [2.05, 4.69) is 17.4 Å². The van der Waals surface area contributed by atoms with Gasteiger partial charge in [-0.15, -0.1) is 0 Å². The highest BCUT2D eigenvalue weighted by molar-refractivity contribution is 7.53. The van der Waals surface area contributed by atoms with Gasteiger partial charge in [-0.05, 0) is 32.4 Å². The van der Waals surface area contributed by atoms with Gasteiger partial charge in [0.25, 0.3) is 0 Å². The SMILES string of the molecule is CCOP(=O)(CNCCc1ccccc1)OCC. The van der Waals surface area contributed by atoms with Gasteiger partial charge in [-0.25, -0.2) is 0 Å². The molecule has 0 saturated heterocycles. The van der Waals surface area contributed by atoms with Gasteiger partial charge < -0.3 is 14.4 Å². The van der Waals surface area contributed by atoms with Crippen molar-refractivity contribution in [2.75, 3.05) is 26.0 Å². The van der Waals surface area contributed by atoms with Crippen molar-refractivity contribution in [2.45, 2.75) is 20.3 Å². The summed E-state index contributed by atoms with van der Waals surface area (Å²) >= 11 is 0. The maximum atomic E-state index is 12.1. The minimum absolute atomic E-state index is 0.265. The third-order valence-electron chi connectivity index (χ3n) is 2.39. The van der Waals surface area contributed by atoms with E-state index in [-0.39, 0.29) is 6.29 Å². The zero-order chi connectivity index (χ0) is 13.3. The highest BCUT2D eigenvalue weighted by atomic mass is 31.2. The van der Waals surface area contributed by atoms with Gasteiger partial charge in [0.05, 0.1) is 19.5 Å². The van der Waals surface area contributed by atoms with Crippen molar-refractivity contribution in [2.24, 2.45) is 0 Å². The molecular weight excluding hydrogens is 249 g/mol. The molecular formula is C13H22NO3P. The Balaban J connectivity index is 2.29. The maximum Gasteiger partial charge on any atom is 0.344 e. The molecule has 0 aromatic heterocycles. The normalized spacial score (nSPS) is 11.7. The molecule has 0 aliphatic heterocycles. The van der Waals surface area contributed by atoms with Crippen LogP contribution in [0.5, 0.6) is 0 Å². The zero-order valence-electron chi connectivity index (χ0n) is 11.1. The zero-order valence-corrected chi connectivity index (χ0v) is 12.0. The fourth-order valence-electron chi connectivity index (χ4n) is 1.62. The van der Waals surface area contributed by atoms with E-state index in [0.717, 1.165) is 13.0 Å². The first-order valence-electron chi connectivity index (χ1n) is 6.33. The second kappa shape index (κ2) is 8.44. The molecule has 18 heavy (non-hydrogen) atoms. The minimum atomic E-state index is -2.95. The third kappa shape index (κ3) is 5.78.